The molecule has 0 radical (unpaired) electrons. The van der Waals surface area contributed by atoms with E-state index >= 15 is 0 Å². The number of pyridine rings is 1. The molecule has 2 aromatic carbocycles. The lowest BCUT2D eigenvalue weighted by Crippen LogP contribution is -2.25. The average Bonchev–Trinajstić information content (AvgIpc) is 3.28. The van der Waals surface area contributed by atoms with Crippen molar-refractivity contribution in [2.75, 3.05) is 34.5 Å². The van der Waals surface area contributed by atoms with Crippen LogP contribution in [0.1, 0.15) is 16.7 Å². The number of hydrogen-bond donors (Lipinski definition) is 0. The van der Waals surface area contributed by atoms with Crippen LogP contribution in [0.25, 0.3) is 22.2 Å². The van der Waals surface area contributed by atoms with Crippen LogP contribution in [0.15, 0.2) is 53.3 Å². The van der Waals surface area contributed by atoms with E-state index in [4.69, 9.17) is 28.3 Å². The van der Waals surface area contributed by atoms with Crippen molar-refractivity contribution in [3.8, 4) is 34.3 Å². The Morgan fingerprint density at radius 2 is 1.85 bits per heavy atom. The van der Waals surface area contributed by atoms with Crippen LogP contribution in [0, 0.1) is 6.92 Å². The molecule has 0 saturated heterocycles. The molecule has 34 heavy (non-hydrogen) atoms. The molecule has 0 spiro atoms. The Morgan fingerprint density at radius 3 is 2.59 bits per heavy atom. The van der Waals surface area contributed by atoms with Gasteiger partial charge in [0, 0.05) is 47.8 Å². The zero-order chi connectivity index (χ0) is 23.7. The van der Waals surface area contributed by atoms with Crippen molar-refractivity contribution >= 4 is 10.9 Å². The number of nitrogens with zero attached hydrogens (tertiary/aromatic N) is 2. The molecule has 4 aromatic rings. The number of methoxy groups -OCH3 is 3. The van der Waals surface area contributed by atoms with Gasteiger partial charge in [-0.2, -0.15) is 0 Å². The van der Waals surface area contributed by atoms with Gasteiger partial charge in [0.1, 0.15) is 23.6 Å². The molecule has 1 aliphatic rings. The van der Waals surface area contributed by atoms with Crippen molar-refractivity contribution in [2.24, 2.45) is 0 Å². The molecule has 0 atom stereocenters. The molecule has 0 bridgehead atoms. The van der Waals surface area contributed by atoms with E-state index in [1.165, 1.54) is 0 Å². The van der Waals surface area contributed by atoms with Crippen molar-refractivity contribution < 1.29 is 23.4 Å². The van der Waals surface area contributed by atoms with Crippen molar-refractivity contribution in [1.82, 2.24) is 9.88 Å². The van der Waals surface area contributed by atoms with E-state index < -0.39 is 0 Å². The van der Waals surface area contributed by atoms with Gasteiger partial charge in [0.25, 0.3) is 0 Å². The minimum absolute atomic E-state index is 0.590. The Bertz CT molecular complexity index is 1320. The van der Waals surface area contributed by atoms with Crippen LogP contribution in [0.5, 0.6) is 23.0 Å². The minimum Gasteiger partial charge on any atom is -0.497 e. The fourth-order valence-corrected chi connectivity index (χ4v) is 4.47. The second-order valence-corrected chi connectivity index (χ2v) is 8.41. The molecule has 7 heteroatoms. The summed E-state index contributed by atoms with van der Waals surface area (Å²) in [5.74, 6) is 2.92. The van der Waals surface area contributed by atoms with Gasteiger partial charge >= 0.3 is 0 Å². The average molecular weight is 461 g/mol. The predicted molar refractivity (Wildman–Crippen MR) is 130 cm³/mol. The van der Waals surface area contributed by atoms with Crippen molar-refractivity contribution in [3.63, 3.8) is 0 Å². The molecule has 2 aromatic heterocycles. The van der Waals surface area contributed by atoms with Gasteiger partial charge in [-0.1, -0.05) is 0 Å². The normalized spacial score (nSPS) is 13.8. The Morgan fingerprint density at radius 1 is 1.00 bits per heavy atom. The van der Waals surface area contributed by atoms with Crippen LogP contribution in [0.2, 0.25) is 0 Å². The first kappa shape index (κ1) is 22.1. The number of aromatic nitrogens is 1. The van der Waals surface area contributed by atoms with E-state index in [2.05, 4.69) is 24.0 Å². The van der Waals surface area contributed by atoms with Crippen LogP contribution < -0.4 is 18.9 Å². The van der Waals surface area contributed by atoms with Crippen LogP contribution in [0.4, 0.5) is 0 Å². The summed E-state index contributed by atoms with van der Waals surface area (Å²) in [7, 11) is 4.97. The number of rotatable bonds is 6. The van der Waals surface area contributed by atoms with Gasteiger partial charge in [-0.25, -0.2) is 4.98 Å². The third-order valence-corrected chi connectivity index (χ3v) is 6.20. The number of fused-ring (bicyclic) bond motifs is 2. The lowest BCUT2D eigenvalue weighted by molar-refractivity contribution is 0.216. The molecule has 0 aliphatic carbocycles. The van der Waals surface area contributed by atoms with Crippen LogP contribution in [0.3, 0.4) is 0 Å². The number of benzene rings is 2. The Balaban J connectivity index is 1.59. The summed E-state index contributed by atoms with van der Waals surface area (Å²) >= 11 is 0. The largest absolute Gasteiger partial charge is 0.497 e. The van der Waals surface area contributed by atoms with E-state index in [1.807, 2.05) is 24.3 Å². The fourth-order valence-electron chi connectivity index (χ4n) is 4.47. The van der Waals surface area contributed by atoms with Crippen LogP contribution in [-0.2, 0) is 13.1 Å². The molecule has 3 heterocycles. The van der Waals surface area contributed by atoms with Crippen LogP contribution in [-0.4, -0.2) is 44.4 Å². The fraction of sp³-hybridized carbons (Fsp3) is 0.296. The Labute approximate surface area is 198 Å². The van der Waals surface area contributed by atoms with Crippen molar-refractivity contribution in [2.45, 2.75) is 20.0 Å². The number of aryl methyl sites for hydroxylation is 1. The Kier molecular flexibility index (Phi) is 6.02. The molecule has 5 rings (SSSR count). The molecule has 0 fully saturated rings. The SMILES string of the molecule is COc1cc(OC)c2nc(-c3cc4c(c(OC)c3)OCCN(Cc3ccoc3)C4)cc(C)c2c1. The minimum atomic E-state index is 0.590. The standard InChI is InChI=1S/C27H28N2O5/c1-17-9-23(28-26-22(17)12-21(30-2)13-24(26)31-3)19-10-20-15-29(14-18-5-7-33-16-18)6-8-34-27(20)25(11-19)32-4/h5,7,9-13,16H,6,8,14-15H2,1-4H3. The van der Waals surface area contributed by atoms with E-state index in [0.717, 1.165) is 70.0 Å². The number of furan rings is 1. The summed E-state index contributed by atoms with van der Waals surface area (Å²) in [4.78, 5) is 7.32. The summed E-state index contributed by atoms with van der Waals surface area (Å²) < 4.78 is 28.2. The summed E-state index contributed by atoms with van der Waals surface area (Å²) in [5.41, 5.74) is 5.90. The quantitative estimate of drug-likeness (QED) is 0.391. The summed E-state index contributed by atoms with van der Waals surface area (Å²) in [6.45, 7) is 5.00. The smallest absolute Gasteiger partial charge is 0.165 e. The maximum absolute atomic E-state index is 6.12. The third kappa shape index (κ3) is 4.15. The van der Waals surface area contributed by atoms with Crippen molar-refractivity contribution in [1.29, 1.82) is 0 Å². The zero-order valence-corrected chi connectivity index (χ0v) is 19.9. The highest BCUT2D eigenvalue weighted by Crippen LogP contribution is 2.40. The van der Waals surface area contributed by atoms with E-state index in [0.29, 0.717) is 18.1 Å². The first-order chi connectivity index (χ1) is 16.6. The predicted octanol–water partition coefficient (Wildman–Crippen LogP) is 5.22. The van der Waals surface area contributed by atoms with Gasteiger partial charge < -0.3 is 23.4 Å². The first-order valence-corrected chi connectivity index (χ1v) is 11.2. The second-order valence-electron chi connectivity index (χ2n) is 8.41. The van der Waals surface area contributed by atoms with Gasteiger partial charge in [0.15, 0.2) is 11.5 Å². The van der Waals surface area contributed by atoms with Gasteiger partial charge in [0.2, 0.25) is 0 Å². The molecular formula is C27H28N2O5. The summed E-state index contributed by atoms with van der Waals surface area (Å²) in [6, 6.07) is 12.1. The summed E-state index contributed by atoms with van der Waals surface area (Å²) in [6.07, 6.45) is 3.49. The molecule has 0 saturated carbocycles. The number of ether oxygens (including phenoxy) is 4. The lowest BCUT2D eigenvalue weighted by atomic mass is 10.0. The van der Waals surface area contributed by atoms with Crippen LogP contribution >= 0.6 is 0 Å². The van der Waals surface area contributed by atoms with E-state index in [9.17, 15) is 0 Å². The van der Waals surface area contributed by atoms with Gasteiger partial charge in [-0.3, -0.25) is 4.90 Å². The molecule has 7 nitrogen and oxygen atoms in total. The van der Waals surface area contributed by atoms with Gasteiger partial charge in [-0.05, 0) is 42.8 Å². The first-order valence-electron chi connectivity index (χ1n) is 11.2. The van der Waals surface area contributed by atoms with E-state index in [-0.39, 0.29) is 0 Å². The maximum Gasteiger partial charge on any atom is 0.165 e. The van der Waals surface area contributed by atoms with Gasteiger partial charge in [-0.15, -0.1) is 0 Å². The zero-order valence-electron chi connectivity index (χ0n) is 19.9. The highest BCUT2D eigenvalue weighted by Gasteiger charge is 2.22. The molecule has 0 unspecified atom stereocenters. The van der Waals surface area contributed by atoms with E-state index in [1.54, 1.807) is 33.9 Å². The summed E-state index contributed by atoms with van der Waals surface area (Å²) in [5, 5.41) is 0.997. The van der Waals surface area contributed by atoms with Gasteiger partial charge in [0.05, 0.1) is 39.5 Å². The lowest BCUT2D eigenvalue weighted by Gasteiger charge is -2.19. The highest BCUT2D eigenvalue weighted by atomic mass is 16.5. The molecule has 1 aliphatic heterocycles. The molecule has 176 valence electrons. The molecular weight excluding hydrogens is 432 g/mol. The Hall–Kier alpha value is -3.71. The second kappa shape index (κ2) is 9.27. The molecule has 0 N–H and O–H groups in total. The monoisotopic (exact) mass is 460 g/mol. The molecule has 0 amide bonds. The topological polar surface area (TPSA) is 66.2 Å². The number of hydrogen-bond acceptors (Lipinski definition) is 7. The highest BCUT2D eigenvalue weighted by molar-refractivity contribution is 5.91. The van der Waals surface area contributed by atoms with Crippen molar-refractivity contribution in [3.05, 3.63) is 65.6 Å². The third-order valence-electron chi connectivity index (χ3n) is 6.20. The maximum atomic E-state index is 6.12.